The first-order chi connectivity index (χ1) is 29.7. The maximum atomic E-state index is 12.9. The third-order valence-corrected chi connectivity index (χ3v) is 15.6. The van der Waals surface area contributed by atoms with Gasteiger partial charge in [0.1, 0.15) is 0 Å². The number of hydrogen-bond donors (Lipinski definition) is 1. The number of fused-ring (bicyclic) bond motifs is 1. The van der Waals surface area contributed by atoms with Crippen molar-refractivity contribution >= 4 is 71.6 Å². The molecule has 4 rings (SSSR count). The Morgan fingerprint density at radius 2 is 1.49 bits per heavy atom. The molecule has 348 valence electrons. The van der Waals surface area contributed by atoms with Crippen LogP contribution in [0.15, 0.2) is 80.7 Å². The average molecular weight is 956 g/mol. The zero-order chi connectivity index (χ0) is 46.6. The summed E-state index contributed by atoms with van der Waals surface area (Å²) in [6.45, 7) is 6.06. The predicted octanol–water partition coefficient (Wildman–Crippen LogP) is 5.62. The molecule has 1 fully saturated rings. The van der Waals surface area contributed by atoms with E-state index in [2.05, 4.69) is 5.32 Å². The van der Waals surface area contributed by atoms with Crippen molar-refractivity contribution in [2.45, 2.75) is 106 Å². The van der Waals surface area contributed by atoms with Gasteiger partial charge in [0.25, 0.3) is 32.1 Å². The van der Waals surface area contributed by atoms with Crippen LogP contribution < -0.4 is 5.32 Å². The maximum Gasteiger partial charge on any atom is 0.333 e. The molecule has 2 amide bonds. The van der Waals surface area contributed by atoms with Gasteiger partial charge in [0, 0.05) is 65.2 Å². The van der Waals surface area contributed by atoms with Crippen molar-refractivity contribution in [3.63, 3.8) is 0 Å². The first kappa shape index (κ1) is 51.7. The number of aliphatic imine (C=N–C) groups is 1. The lowest BCUT2D eigenvalue weighted by Crippen LogP contribution is -2.33. The third-order valence-electron chi connectivity index (χ3n) is 11.1. The smallest absolute Gasteiger partial charge is 0.333 e. The zero-order valence-electron chi connectivity index (χ0n) is 36.6. The van der Waals surface area contributed by atoms with Gasteiger partial charge in [-0.15, -0.1) is 5.06 Å². The van der Waals surface area contributed by atoms with Crippen molar-refractivity contribution in [1.29, 1.82) is 0 Å². The van der Waals surface area contributed by atoms with E-state index < -0.39 is 71.0 Å². The second-order valence-electron chi connectivity index (χ2n) is 15.4. The van der Waals surface area contributed by atoms with E-state index in [1.165, 1.54) is 32.4 Å². The van der Waals surface area contributed by atoms with Gasteiger partial charge in [-0.1, -0.05) is 18.6 Å². The highest BCUT2D eigenvalue weighted by atomic mass is 32.2. The minimum absolute atomic E-state index is 0.00316. The van der Waals surface area contributed by atoms with Crippen molar-refractivity contribution in [2.24, 2.45) is 4.99 Å². The van der Waals surface area contributed by atoms with E-state index in [0.29, 0.717) is 72.5 Å². The summed E-state index contributed by atoms with van der Waals surface area (Å²) in [5, 5.41) is 3.99. The second-order valence-corrected chi connectivity index (χ2v) is 21.5. The second kappa shape index (κ2) is 22.8. The molecule has 0 bridgehead atoms. The Morgan fingerprint density at radius 1 is 0.873 bits per heavy atom. The Morgan fingerprint density at radius 3 is 2.11 bits per heavy atom. The number of benzene rings is 2. The van der Waals surface area contributed by atoms with Crippen LogP contribution in [0.25, 0.3) is 0 Å². The summed E-state index contributed by atoms with van der Waals surface area (Å²) in [6, 6.07) is 11.1. The molecule has 2 aliphatic rings. The Kier molecular flexibility index (Phi) is 18.7. The van der Waals surface area contributed by atoms with E-state index in [1.807, 2.05) is 32.9 Å². The SMILES string of the molecule is COS(=O)CCCC(C)(C(/C=C(C)/C=C1/Nc2ccc(S(=O)(=O)OC)cc2C1(C)CCCS(=O)OC)=NCCCCCC(=O)ON1C(=O)CCC1=O)c1cccc(S(=O)(=O)OC)c1. The summed E-state index contributed by atoms with van der Waals surface area (Å²) in [7, 11) is -3.23. The van der Waals surface area contributed by atoms with Crippen LogP contribution in [0, 0.1) is 0 Å². The molecule has 17 nitrogen and oxygen atoms in total. The van der Waals surface area contributed by atoms with Crippen molar-refractivity contribution < 1.29 is 61.2 Å². The van der Waals surface area contributed by atoms with E-state index in [4.69, 9.17) is 26.6 Å². The quantitative estimate of drug-likeness (QED) is 0.0552. The van der Waals surface area contributed by atoms with Crippen LogP contribution in [0.3, 0.4) is 0 Å². The lowest BCUT2D eigenvalue weighted by Gasteiger charge is -2.32. The number of rotatable bonds is 25. The van der Waals surface area contributed by atoms with Crippen molar-refractivity contribution in [1.82, 2.24) is 5.06 Å². The Hall–Kier alpha value is -3.96. The van der Waals surface area contributed by atoms with Crippen LogP contribution >= 0.6 is 0 Å². The molecule has 4 unspecified atom stereocenters. The van der Waals surface area contributed by atoms with Crippen LogP contribution in [-0.2, 0) is 89.2 Å². The number of carbonyl (C=O) groups is 3. The molecule has 2 aromatic rings. The molecule has 2 aromatic carbocycles. The highest BCUT2D eigenvalue weighted by molar-refractivity contribution is 7.87. The number of unbranched alkanes of at least 4 members (excludes halogenated alkanes) is 2. The third kappa shape index (κ3) is 13.3. The molecular weight excluding hydrogens is 899 g/mol. The molecule has 0 spiro atoms. The van der Waals surface area contributed by atoms with E-state index in [9.17, 15) is 39.6 Å². The number of hydroxylamine groups is 2. The van der Waals surface area contributed by atoms with Gasteiger partial charge in [0.2, 0.25) is 0 Å². The minimum Gasteiger partial charge on any atom is -0.358 e. The van der Waals surface area contributed by atoms with Crippen LogP contribution in [-0.4, -0.2) is 100 Å². The largest absolute Gasteiger partial charge is 0.358 e. The van der Waals surface area contributed by atoms with Gasteiger partial charge in [-0.2, -0.15) is 16.8 Å². The van der Waals surface area contributed by atoms with E-state index >= 15 is 0 Å². The number of imide groups is 1. The van der Waals surface area contributed by atoms with Gasteiger partial charge in [0.15, 0.2) is 22.2 Å². The summed E-state index contributed by atoms with van der Waals surface area (Å²) in [6.07, 6.45) is 6.97. The number of nitrogens with one attached hydrogen (secondary N) is 1. The normalized spacial score (nSPS) is 19.8. The molecule has 21 heteroatoms. The highest BCUT2D eigenvalue weighted by Gasteiger charge is 2.40. The van der Waals surface area contributed by atoms with Crippen LogP contribution in [0.4, 0.5) is 5.69 Å². The van der Waals surface area contributed by atoms with E-state index in [0.717, 1.165) is 25.5 Å². The number of amides is 2. The molecular formula is C42H57N3O14S4. The monoisotopic (exact) mass is 955 g/mol. The summed E-state index contributed by atoms with van der Waals surface area (Å²) in [5.74, 6) is -1.36. The standard InChI is InChI=1S/C42H57N3O14S4/c1-30(27-37-42(3,22-13-25-61(50)56-5)34-29-33(63(53,54)58-7)17-18-35(34)44-37)26-36(43-23-10-8-9-16-40(48)59-45-38(46)19-20-39(45)47)41(2,21-12-24-60(49)55-4)31-14-11-15-32(28-31)62(51,52)57-6/h11,14-15,17-18,26-29,44H,8-10,12-13,16,19-25H2,1-7H3/b30-26+,37-27+,43-36?. The number of allylic oxidation sites excluding steroid dienone is 4. The first-order valence-corrected chi connectivity index (χ1v) is 25.6. The molecule has 1 N–H and O–H groups in total. The molecule has 1 saturated heterocycles. The van der Waals surface area contributed by atoms with Crippen molar-refractivity contribution in [3.05, 3.63) is 77.0 Å². The van der Waals surface area contributed by atoms with Crippen molar-refractivity contribution in [2.75, 3.05) is 51.8 Å². The summed E-state index contributed by atoms with van der Waals surface area (Å²) in [4.78, 5) is 46.2. The molecule has 0 saturated carbocycles. The molecule has 4 atom stereocenters. The molecule has 2 aliphatic heterocycles. The van der Waals surface area contributed by atoms with Crippen molar-refractivity contribution in [3.8, 4) is 0 Å². The number of anilines is 1. The van der Waals surface area contributed by atoms with E-state index in [-0.39, 0.29) is 47.1 Å². The van der Waals surface area contributed by atoms with Crippen LogP contribution in [0.5, 0.6) is 0 Å². The highest BCUT2D eigenvalue weighted by Crippen LogP contribution is 2.48. The number of hydrogen-bond acceptors (Lipinski definition) is 16. The summed E-state index contributed by atoms with van der Waals surface area (Å²) >= 11 is -3.08. The average Bonchev–Trinajstić information content (AvgIpc) is 3.72. The number of nitrogens with zero attached hydrogens (tertiary/aromatic N) is 2. The van der Waals surface area contributed by atoms with Gasteiger partial charge in [-0.05, 0) is 118 Å². The van der Waals surface area contributed by atoms with Gasteiger partial charge in [-0.3, -0.25) is 31.3 Å². The summed E-state index contributed by atoms with van der Waals surface area (Å²) < 4.78 is 95.8. The van der Waals surface area contributed by atoms with E-state index in [1.54, 1.807) is 24.3 Å². The maximum absolute atomic E-state index is 12.9. The molecule has 63 heavy (non-hydrogen) atoms. The zero-order valence-corrected chi connectivity index (χ0v) is 39.9. The fourth-order valence-electron chi connectivity index (χ4n) is 7.43. The van der Waals surface area contributed by atoms with Gasteiger partial charge >= 0.3 is 5.97 Å². The van der Waals surface area contributed by atoms with Gasteiger partial charge in [-0.25, -0.2) is 13.2 Å². The Bertz CT molecular complexity index is 2370. The minimum atomic E-state index is -4.09. The van der Waals surface area contributed by atoms with Gasteiger partial charge < -0.3 is 10.2 Å². The number of carbonyl (C=O) groups excluding carboxylic acids is 3. The molecule has 0 aromatic heterocycles. The fourth-order valence-corrected chi connectivity index (χ4v) is 9.92. The topological polar surface area (TPSA) is 227 Å². The lowest BCUT2D eigenvalue weighted by molar-refractivity contribution is -0.197. The molecule has 2 heterocycles. The van der Waals surface area contributed by atoms with Crippen LogP contribution in [0.2, 0.25) is 0 Å². The Balaban J connectivity index is 1.77. The Labute approximate surface area is 375 Å². The van der Waals surface area contributed by atoms with Crippen LogP contribution in [0.1, 0.15) is 96.1 Å². The first-order valence-electron chi connectivity index (χ1n) is 20.3. The summed E-state index contributed by atoms with van der Waals surface area (Å²) in [5.41, 5.74) is 2.25. The molecule has 0 radical (unpaired) electrons. The lowest BCUT2D eigenvalue weighted by atomic mass is 9.73. The fraction of sp³-hybridized carbons (Fsp3) is 0.524. The van der Waals surface area contributed by atoms with Gasteiger partial charge in [0.05, 0.1) is 38.2 Å². The predicted molar refractivity (Wildman–Crippen MR) is 238 cm³/mol. The molecule has 0 aliphatic carbocycles.